The minimum absolute atomic E-state index is 0.0345. The molecule has 24 heavy (non-hydrogen) atoms. The molecule has 2 aromatic carbocycles. The molecule has 1 atom stereocenters. The molecule has 0 aliphatic rings. The fraction of sp³-hybridized carbons (Fsp3) is 0.263. The molecule has 0 fully saturated rings. The van der Waals surface area contributed by atoms with Crippen LogP contribution in [0.1, 0.15) is 30.8 Å². The lowest BCUT2D eigenvalue weighted by Gasteiger charge is -2.25. The molecule has 0 bridgehead atoms. The van der Waals surface area contributed by atoms with Gasteiger partial charge >= 0.3 is 0 Å². The van der Waals surface area contributed by atoms with Gasteiger partial charge in [0.1, 0.15) is 11.6 Å². The number of halogens is 1. The quantitative estimate of drug-likeness (QED) is 0.774. The van der Waals surface area contributed by atoms with Crippen molar-refractivity contribution in [1.82, 2.24) is 14.9 Å². The topological polar surface area (TPSA) is 49.0 Å². The van der Waals surface area contributed by atoms with Gasteiger partial charge in [-0.3, -0.25) is 4.79 Å². The molecule has 1 aromatic heterocycles. The van der Waals surface area contributed by atoms with Crippen LogP contribution in [0.2, 0.25) is 0 Å². The fourth-order valence-corrected chi connectivity index (χ4v) is 2.71. The van der Waals surface area contributed by atoms with Gasteiger partial charge in [0.25, 0.3) is 0 Å². The highest BCUT2D eigenvalue weighted by Crippen LogP contribution is 2.20. The molecular weight excluding hydrogens is 305 g/mol. The third-order valence-corrected chi connectivity index (χ3v) is 4.34. The lowest BCUT2D eigenvalue weighted by atomic mass is 10.1. The van der Waals surface area contributed by atoms with Crippen molar-refractivity contribution in [2.24, 2.45) is 0 Å². The van der Waals surface area contributed by atoms with Gasteiger partial charge in [0.2, 0.25) is 5.91 Å². The van der Waals surface area contributed by atoms with Gasteiger partial charge in [-0.05, 0) is 36.8 Å². The lowest BCUT2D eigenvalue weighted by molar-refractivity contribution is -0.131. The Labute approximate surface area is 140 Å². The van der Waals surface area contributed by atoms with E-state index in [2.05, 4.69) is 9.97 Å². The zero-order valence-corrected chi connectivity index (χ0v) is 13.8. The van der Waals surface area contributed by atoms with Crippen LogP contribution in [0.3, 0.4) is 0 Å². The highest BCUT2D eigenvalue weighted by atomic mass is 19.1. The number of fused-ring (bicyclic) bond motifs is 1. The maximum Gasteiger partial charge on any atom is 0.223 e. The Morgan fingerprint density at radius 3 is 2.62 bits per heavy atom. The average molecular weight is 325 g/mol. The van der Waals surface area contributed by atoms with Crippen LogP contribution >= 0.6 is 0 Å². The first-order chi connectivity index (χ1) is 11.5. The molecule has 1 amide bonds. The predicted molar refractivity (Wildman–Crippen MR) is 92.0 cm³/mol. The number of aryl methyl sites for hydroxylation is 1. The molecule has 0 spiro atoms. The molecule has 0 radical (unpaired) electrons. The van der Waals surface area contributed by atoms with Gasteiger partial charge in [-0.25, -0.2) is 9.37 Å². The summed E-state index contributed by atoms with van der Waals surface area (Å²) >= 11 is 0. The number of rotatable bonds is 5. The Balaban J connectivity index is 1.62. The van der Waals surface area contributed by atoms with Crippen LogP contribution in [-0.2, 0) is 11.2 Å². The summed E-state index contributed by atoms with van der Waals surface area (Å²) in [5.74, 6) is 0.574. The van der Waals surface area contributed by atoms with Gasteiger partial charge in [0.05, 0.1) is 17.1 Å². The maximum atomic E-state index is 13.0. The van der Waals surface area contributed by atoms with Gasteiger partial charge in [-0.15, -0.1) is 0 Å². The zero-order chi connectivity index (χ0) is 17.1. The second-order valence-corrected chi connectivity index (χ2v) is 5.93. The first-order valence-electron chi connectivity index (χ1n) is 7.99. The van der Waals surface area contributed by atoms with Crippen LogP contribution in [0.25, 0.3) is 11.0 Å². The number of aromatic nitrogens is 2. The van der Waals surface area contributed by atoms with Crippen LogP contribution in [0.5, 0.6) is 0 Å². The van der Waals surface area contributed by atoms with E-state index in [0.29, 0.717) is 12.8 Å². The van der Waals surface area contributed by atoms with Crippen molar-refractivity contribution in [2.75, 3.05) is 7.05 Å². The summed E-state index contributed by atoms with van der Waals surface area (Å²) in [5.41, 5.74) is 2.80. The maximum absolute atomic E-state index is 13.0. The van der Waals surface area contributed by atoms with E-state index in [1.54, 1.807) is 24.1 Å². The normalized spacial score (nSPS) is 12.3. The molecule has 3 aromatic rings. The monoisotopic (exact) mass is 325 g/mol. The minimum Gasteiger partial charge on any atom is -0.342 e. The van der Waals surface area contributed by atoms with Crippen LogP contribution < -0.4 is 0 Å². The molecular formula is C19H20FN3O. The van der Waals surface area contributed by atoms with Crippen molar-refractivity contribution < 1.29 is 9.18 Å². The number of carbonyl (C=O) groups is 1. The van der Waals surface area contributed by atoms with Crippen molar-refractivity contribution >= 4 is 16.9 Å². The largest absolute Gasteiger partial charge is 0.342 e. The Morgan fingerprint density at radius 1 is 1.21 bits per heavy atom. The van der Waals surface area contributed by atoms with Gasteiger partial charge in [0, 0.05) is 19.9 Å². The summed E-state index contributed by atoms with van der Waals surface area (Å²) in [6.45, 7) is 1.94. The van der Waals surface area contributed by atoms with Gasteiger partial charge < -0.3 is 9.88 Å². The summed E-state index contributed by atoms with van der Waals surface area (Å²) < 4.78 is 13.0. The van der Waals surface area contributed by atoms with Crippen LogP contribution in [0.15, 0.2) is 48.5 Å². The van der Waals surface area contributed by atoms with Gasteiger partial charge in [0.15, 0.2) is 0 Å². The van der Waals surface area contributed by atoms with Crippen molar-refractivity contribution in [3.8, 4) is 0 Å². The van der Waals surface area contributed by atoms with E-state index in [-0.39, 0.29) is 17.8 Å². The number of nitrogens with zero attached hydrogens (tertiary/aromatic N) is 2. The molecule has 0 unspecified atom stereocenters. The van der Waals surface area contributed by atoms with E-state index < -0.39 is 0 Å². The fourth-order valence-electron chi connectivity index (χ4n) is 2.71. The summed E-state index contributed by atoms with van der Waals surface area (Å²) in [6, 6.07) is 14.0. The van der Waals surface area contributed by atoms with Crippen molar-refractivity contribution in [3.05, 3.63) is 65.7 Å². The number of imidazole rings is 1. The molecule has 124 valence electrons. The smallest absolute Gasteiger partial charge is 0.223 e. The summed E-state index contributed by atoms with van der Waals surface area (Å²) in [6.07, 6.45) is 0.940. The zero-order valence-electron chi connectivity index (χ0n) is 13.8. The number of hydrogen-bond acceptors (Lipinski definition) is 2. The number of nitrogens with one attached hydrogen (secondary N) is 1. The number of amides is 1. The predicted octanol–water partition coefficient (Wildman–Crippen LogP) is 3.85. The second-order valence-electron chi connectivity index (χ2n) is 5.93. The lowest BCUT2D eigenvalue weighted by Crippen LogP contribution is -2.29. The molecule has 0 aliphatic carbocycles. The van der Waals surface area contributed by atoms with E-state index in [9.17, 15) is 9.18 Å². The Hall–Kier alpha value is -2.69. The van der Waals surface area contributed by atoms with Crippen molar-refractivity contribution in [1.29, 1.82) is 0 Å². The van der Waals surface area contributed by atoms with Crippen molar-refractivity contribution in [3.63, 3.8) is 0 Å². The molecule has 0 saturated heterocycles. The average Bonchev–Trinajstić information content (AvgIpc) is 3.02. The standard InChI is InChI=1S/C19H20FN3O/c1-13(14-7-9-15(20)10-8-14)23(2)19(24)12-11-18-21-16-5-3-4-6-17(16)22-18/h3-10,13H,11-12H2,1-2H3,(H,21,22)/t13-/m1/s1. The number of H-pyrrole nitrogens is 1. The highest BCUT2D eigenvalue weighted by Gasteiger charge is 2.17. The SMILES string of the molecule is C[C@H](c1ccc(F)cc1)N(C)C(=O)CCc1nc2ccccc2[nH]1. The van der Waals surface area contributed by atoms with Crippen molar-refractivity contribution in [2.45, 2.75) is 25.8 Å². The third kappa shape index (κ3) is 3.45. The first kappa shape index (κ1) is 16.2. The second kappa shape index (κ2) is 6.83. The Morgan fingerprint density at radius 2 is 1.92 bits per heavy atom. The molecule has 1 heterocycles. The van der Waals surface area contributed by atoms with Crippen LogP contribution in [-0.4, -0.2) is 27.8 Å². The van der Waals surface area contributed by atoms with E-state index in [1.165, 1.54) is 12.1 Å². The first-order valence-corrected chi connectivity index (χ1v) is 7.99. The van der Waals surface area contributed by atoms with E-state index >= 15 is 0 Å². The van der Waals surface area contributed by atoms with Crippen LogP contribution in [0.4, 0.5) is 4.39 Å². The third-order valence-electron chi connectivity index (χ3n) is 4.34. The van der Waals surface area contributed by atoms with E-state index in [1.807, 2.05) is 31.2 Å². The molecule has 1 N–H and O–H groups in total. The molecule has 0 aliphatic heterocycles. The van der Waals surface area contributed by atoms with Gasteiger partial charge in [-0.1, -0.05) is 24.3 Å². The number of hydrogen-bond donors (Lipinski definition) is 1. The van der Waals surface area contributed by atoms with Gasteiger partial charge in [-0.2, -0.15) is 0 Å². The number of benzene rings is 2. The van der Waals surface area contributed by atoms with E-state index in [4.69, 9.17) is 0 Å². The molecule has 0 saturated carbocycles. The summed E-state index contributed by atoms with van der Waals surface area (Å²) in [5, 5.41) is 0. The molecule has 3 rings (SSSR count). The highest BCUT2D eigenvalue weighted by molar-refractivity contribution is 5.77. The van der Waals surface area contributed by atoms with Crippen LogP contribution in [0, 0.1) is 5.82 Å². The number of para-hydroxylation sites is 2. The Kier molecular flexibility index (Phi) is 4.60. The molecule has 4 nitrogen and oxygen atoms in total. The Bertz CT molecular complexity index is 808. The minimum atomic E-state index is -0.273. The number of carbonyl (C=O) groups excluding carboxylic acids is 1. The van der Waals surface area contributed by atoms with E-state index in [0.717, 1.165) is 22.4 Å². The number of aromatic amines is 1. The molecule has 5 heteroatoms. The summed E-state index contributed by atoms with van der Waals surface area (Å²) in [4.78, 5) is 21.8. The summed E-state index contributed by atoms with van der Waals surface area (Å²) in [7, 11) is 1.77.